The molecule has 0 aliphatic carbocycles. The first-order valence-electron chi connectivity index (χ1n) is 11.0. The third-order valence-electron chi connectivity index (χ3n) is 5.54. The van der Waals surface area contributed by atoms with Gasteiger partial charge in [-0.2, -0.15) is 0 Å². The predicted molar refractivity (Wildman–Crippen MR) is 139 cm³/mol. The van der Waals surface area contributed by atoms with E-state index in [4.69, 9.17) is 21.7 Å². The van der Waals surface area contributed by atoms with Crippen molar-refractivity contribution in [3.05, 3.63) is 84.4 Å². The monoisotopic (exact) mass is 504 g/mol. The maximum absolute atomic E-state index is 13.5. The number of hydrogen-bond donors (Lipinski definition) is 2. The lowest BCUT2D eigenvalue weighted by Gasteiger charge is -2.24. The van der Waals surface area contributed by atoms with Gasteiger partial charge in [0.05, 0.1) is 26.3 Å². The molecule has 0 saturated carbocycles. The quantitative estimate of drug-likeness (QED) is 0.454. The topological polar surface area (TPSA) is 100 Å². The van der Waals surface area contributed by atoms with Crippen LogP contribution in [0, 0.1) is 0 Å². The molecular weight excluding hydrogens is 480 g/mol. The van der Waals surface area contributed by atoms with E-state index in [0.29, 0.717) is 28.4 Å². The molecule has 0 spiro atoms. The first-order valence-corrected chi connectivity index (χ1v) is 11.4. The van der Waals surface area contributed by atoms with E-state index in [-0.39, 0.29) is 11.5 Å². The Kier molecular flexibility index (Phi) is 7.45. The fourth-order valence-electron chi connectivity index (χ4n) is 3.72. The number of carbonyl (C=O) groups excluding carboxylic acids is 3. The van der Waals surface area contributed by atoms with E-state index in [1.807, 2.05) is 0 Å². The first kappa shape index (κ1) is 24.7. The van der Waals surface area contributed by atoms with Crippen LogP contribution in [0.3, 0.4) is 0 Å². The molecule has 184 valence electrons. The number of benzene rings is 3. The number of ether oxygens (including phenoxy) is 2. The van der Waals surface area contributed by atoms with E-state index in [1.165, 1.54) is 17.0 Å². The lowest BCUT2D eigenvalue weighted by atomic mass is 10.1. The number of anilines is 2. The van der Waals surface area contributed by atoms with Crippen molar-refractivity contribution >= 4 is 46.4 Å². The van der Waals surface area contributed by atoms with Crippen molar-refractivity contribution < 1.29 is 23.9 Å². The second kappa shape index (κ2) is 10.9. The van der Waals surface area contributed by atoms with Gasteiger partial charge in [0.15, 0.2) is 0 Å². The molecule has 3 aromatic carbocycles. The van der Waals surface area contributed by atoms with Crippen molar-refractivity contribution in [2.45, 2.75) is 12.5 Å². The smallest absolute Gasteiger partial charge is 0.269 e. The van der Waals surface area contributed by atoms with Crippen molar-refractivity contribution in [1.82, 2.24) is 10.4 Å². The van der Waals surface area contributed by atoms with Crippen LogP contribution in [-0.4, -0.2) is 48.1 Å². The molecule has 1 heterocycles. The standard InChI is InChI=1S/C26H24N4O5S/c1-34-20-13-11-19(12-14-20)29-25(33)22(16-23(31)27-18-9-6-10-21(15-18)35-2)30(26(29)36)28-24(32)17-7-4-3-5-8-17/h3-15,22H,16H2,1-2H3,(H,27,31)(H,28,32)/t22-/m1/s1. The fraction of sp³-hybridized carbons (Fsp3) is 0.154. The molecule has 3 amide bonds. The average molecular weight is 505 g/mol. The van der Waals surface area contributed by atoms with Gasteiger partial charge in [-0.25, -0.2) is 5.01 Å². The van der Waals surface area contributed by atoms with Crippen molar-refractivity contribution in [3.63, 3.8) is 0 Å². The molecule has 4 rings (SSSR count). The highest BCUT2D eigenvalue weighted by Crippen LogP contribution is 2.28. The molecule has 0 unspecified atom stereocenters. The highest BCUT2D eigenvalue weighted by molar-refractivity contribution is 7.80. The number of thiocarbonyl (C=S) groups is 1. The molecule has 1 aliphatic rings. The summed E-state index contributed by atoms with van der Waals surface area (Å²) in [6.45, 7) is 0. The van der Waals surface area contributed by atoms with Crippen LogP contribution in [-0.2, 0) is 9.59 Å². The Morgan fingerprint density at radius 2 is 1.61 bits per heavy atom. The Labute approximate surface area is 213 Å². The third-order valence-corrected chi connectivity index (χ3v) is 5.91. The van der Waals surface area contributed by atoms with Gasteiger partial charge in [0, 0.05) is 17.3 Å². The zero-order valence-electron chi connectivity index (χ0n) is 19.6. The maximum atomic E-state index is 13.5. The van der Waals surface area contributed by atoms with Crippen molar-refractivity contribution in [1.29, 1.82) is 0 Å². The number of hydrazine groups is 1. The van der Waals surface area contributed by atoms with Crippen LogP contribution >= 0.6 is 12.2 Å². The van der Waals surface area contributed by atoms with E-state index < -0.39 is 23.8 Å². The SMILES string of the molecule is COc1ccc(N2C(=O)[C@@H](CC(=O)Nc3cccc(OC)c3)N(NC(=O)c3ccccc3)C2=S)cc1. The largest absolute Gasteiger partial charge is 0.497 e. The predicted octanol–water partition coefficient (Wildman–Crippen LogP) is 3.38. The normalized spacial score (nSPS) is 15.0. The van der Waals surface area contributed by atoms with Gasteiger partial charge in [0.25, 0.3) is 11.8 Å². The molecule has 1 fully saturated rings. The van der Waals surface area contributed by atoms with Gasteiger partial charge in [-0.15, -0.1) is 0 Å². The molecule has 9 nitrogen and oxygen atoms in total. The fourth-order valence-corrected chi connectivity index (χ4v) is 4.09. The lowest BCUT2D eigenvalue weighted by Crippen LogP contribution is -2.49. The first-order chi connectivity index (χ1) is 17.4. The maximum Gasteiger partial charge on any atom is 0.269 e. The summed E-state index contributed by atoms with van der Waals surface area (Å²) in [5.41, 5.74) is 4.09. The Balaban J connectivity index is 1.59. The number of rotatable bonds is 8. The molecule has 0 aromatic heterocycles. The minimum absolute atomic E-state index is 0.0497. The summed E-state index contributed by atoms with van der Waals surface area (Å²) in [5.74, 6) is -0.145. The summed E-state index contributed by atoms with van der Waals surface area (Å²) in [4.78, 5) is 40.6. The molecule has 36 heavy (non-hydrogen) atoms. The van der Waals surface area contributed by atoms with Gasteiger partial charge in [0.1, 0.15) is 17.5 Å². The van der Waals surface area contributed by atoms with Gasteiger partial charge < -0.3 is 14.8 Å². The number of carbonyl (C=O) groups is 3. The Morgan fingerprint density at radius 3 is 2.28 bits per heavy atom. The van der Waals surface area contributed by atoms with Crippen LogP contribution in [0.2, 0.25) is 0 Å². The van der Waals surface area contributed by atoms with Crippen LogP contribution in [0.4, 0.5) is 11.4 Å². The summed E-state index contributed by atoms with van der Waals surface area (Å²) in [6.07, 6.45) is -0.252. The zero-order chi connectivity index (χ0) is 25.7. The molecule has 3 aromatic rings. The number of amides is 3. The van der Waals surface area contributed by atoms with Gasteiger partial charge >= 0.3 is 0 Å². The number of nitrogens with one attached hydrogen (secondary N) is 2. The van der Waals surface area contributed by atoms with Crippen LogP contribution in [0.5, 0.6) is 11.5 Å². The minimum atomic E-state index is -1.06. The van der Waals surface area contributed by atoms with Crippen molar-refractivity contribution in [2.24, 2.45) is 0 Å². The average Bonchev–Trinajstić information content (AvgIpc) is 3.13. The minimum Gasteiger partial charge on any atom is -0.497 e. The summed E-state index contributed by atoms with van der Waals surface area (Å²) in [5, 5.41) is 4.08. The number of nitrogens with zero attached hydrogens (tertiary/aromatic N) is 2. The Morgan fingerprint density at radius 1 is 0.917 bits per heavy atom. The van der Waals surface area contributed by atoms with E-state index >= 15 is 0 Å². The van der Waals surface area contributed by atoms with Gasteiger partial charge in [-0.3, -0.25) is 24.7 Å². The summed E-state index contributed by atoms with van der Waals surface area (Å²) < 4.78 is 10.4. The molecule has 10 heteroatoms. The second-order valence-electron chi connectivity index (χ2n) is 7.83. The molecule has 1 aliphatic heterocycles. The molecule has 1 saturated heterocycles. The van der Waals surface area contributed by atoms with Crippen LogP contribution in [0.15, 0.2) is 78.9 Å². The summed E-state index contributed by atoms with van der Waals surface area (Å²) >= 11 is 5.58. The molecule has 0 radical (unpaired) electrons. The van der Waals surface area contributed by atoms with E-state index in [2.05, 4.69) is 10.7 Å². The van der Waals surface area contributed by atoms with E-state index in [1.54, 1.807) is 86.0 Å². The highest BCUT2D eigenvalue weighted by Gasteiger charge is 2.45. The molecular formula is C26H24N4O5S. The lowest BCUT2D eigenvalue weighted by molar-refractivity contribution is -0.124. The summed E-state index contributed by atoms with van der Waals surface area (Å²) in [6, 6.07) is 21.1. The van der Waals surface area contributed by atoms with E-state index in [9.17, 15) is 14.4 Å². The Hall–Kier alpha value is -4.44. The van der Waals surface area contributed by atoms with Crippen molar-refractivity contribution in [2.75, 3.05) is 24.4 Å². The van der Waals surface area contributed by atoms with Crippen LogP contribution < -0.4 is 25.1 Å². The van der Waals surface area contributed by atoms with Crippen LogP contribution in [0.1, 0.15) is 16.8 Å². The number of hydrogen-bond acceptors (Lipinski definition) is 6. The highest BCUT2D eigenvalue weighted by atomic mass is 32.1. The zero-order valence-corrected chi connectivity index (χ0v) is 20.5. The number of methoxy groups -OCH3 is 2. The molecule has 0 bridgehead atoms. The Bertz CT molecular complexity index is 1280. The van der Waals surface area contributed by atoms with E-state index in [0.717, 1.165) is 0 Å². The van der Waals surface area contributed by atoms with Gasteiger partial charge in [-0.1, -0.05) is 24.3 Å². The summed E-state index contributed by atoms with van der Waals surface area (Å²) in [7, 11) is 3.07. The van der Waals surface area contributed by atoms with Gasteiger partial charge in [-0.05, 0) is 60.7 Å². The van der Waals surface area contributed by atoms with Gasteiger partial charge in [0.2, 0.25) is 11.0 Å². The van der Waals surface area contributed by atoms with Crippen LogP contribution in [0.25, 0.3) is 0 Å². The third kappa shape index (κ3) is 5.28. The second-order valence-corrected chi connectivity index (χ2v) is 8.20. The van der Waals surface area contributed by atoms with Crippen molar-refractivity contribution in [3.8, 4) is 11.5 Å². The molecule has 2 N–H and O–H groups in total. The molecule has 1 atom stereocenters.